The molecule has 2 aliphatic rings. The van der Waals surface area contributed by atoms with Gasteiger partial charge in [-0.15, -0.1) is 0 Å². The van der Waals surface area contributed by atoms with Crippen LogP contribution in [0.5, 0.6) is 0 Å². The molecule has 5 heteroatoms. The maximum atomic E-state index is 12.8. The Labute approximate surface area is 151 Å². The highest BCUT2D eigenvalue weighted by atomic mass is 16.6. The first-order valence-corrected chi connectivity index (χ1v) is 9.77. The molecule has 1 aliphatic heterocycles. The van der Waals surface area contributed by atoms with E-state index in [9.17, 15) is 4.79 Å². The average Bonchev–Trinajstić information content (AvgIpc) is 3.11. The van der Waals surface area contributed by atoms with Crippen LogP contribution in [-0.2, 0) is 16.1 Å². The number of ether oxygens (including phenoxy) is 1. The molecule has 25 heavy (non-hydrogen) atoms. The summed E-state index contributed by atoms with van der Waals surface area (Å²) in [7, 11) is 0. The maximum absolute atomic E-state index is 12.8. The van der Waals surface area contributed by atoms with E-state index in [-0.39, 0.29) is 12.0 Å². The Morgan fingerprint density at radius 3 is 2.68 bits per heavy atom. The molecule has 0 amide bonds. The van der Waals surface area contributed by atoms with Gasteiger partial charge in [0.2, 0.25) is 0 Å². The number of rotatable bonds is 4. The molecular formula is C20H33N3O2. The fourth-order valence-electron chi connectivity index (χ4n) is 4.32. The number of carbonyl (C=O) groups is 1. The van der Waals surface area contributed by atoms with Crippen molar-refractivity contribution in [3.05, 3.63) is 18.0 Å². The van der Waals surface area contributed by atoms with Crippen molar-refractivity contribution in [1.29, 1.82) is 0 Å². The van der Waals surface area contributed by atoms with Crippen molar-refractivity contribution in [1.82, 2.24) is 14.7 Å². The van der Waals surface area contributed by atoms with E-state index in [0.29, 0.717) is 18.0 Å². The average molecular weight is 348 g/mol. The van der Waals surface area contributed by atoms with Gasteiger partial charge >= 0.3 is 5.97 Å². The first-order chi connectivity index (χ1) is 11.7. The van der Waals surface area contributed by atoms with Gasteiger partial charge < -0.3 is 4.74 Å². The van der Waals surface area contributed by atoms with Crippen molar-refractivity contribution in [3.63, 3.8) is 0 Å². The minimum absolute atomic E-state index is 0.0646. The summed E-state index contributed by atoms with van der Waals surface area (Å²) in [5, 5.41) is 4.70. The van der Waals surface area contributed by atoms with Crippen molar-refractivity contribution in [3.8, 4) is 0 Å². The SMILES string of the molecule is CC(C)n1ccc(CN2[C@H](C(=O)OC(C)(C)C)C[C@H]3CCCC[C@@H]32)n1. The van der Waals surface area contributed by atoms with Crippen LogP contribution in [0.4, 0.5) is 0 Å². The van der Waals surface area contributed by atoms with Gasteiger partial charge in [0.05, 0.1) is 5.69 Å². The van der Waals surface area contributed by atoms with Crippen LogP contribution < -0.4 is 0 Å². The molecule has 5 nitrogen and oxygen atoms in total. The molecule has 0 radical (unpaired) electrons. The second-order valence-corrected chi connectivity index (χ2v) is 8.95. The van der Waals surface area contributed by atoms with Gasteiger partial charge in [0.15, 0.2) is 0 Å². The van der Waals surface area contributed by atoms with Gasteiger partial charge in [-0.25, -0.2) is 0 Å². The molecule has 0 aromatic carbocycles. The number of aromatic nitrogens is 2. The van der Waals surface area contributed by atoms with E-state index >= 15 is 0 Å². The van der Waals surface area contributed by atoms with Crippen LogP contribution in [0, 0.1) is 5.92 Å². The normalized spacial score (nSPS) is 27.5. The Kier molecular flexibility index (Phi) is 5.24. The van der Waals surface area contributed by atoms with Gasteiger partial charge in [-0.3, -0.25) is 14.4 Å². The topological polar surface area (TPSA) is 47.4 Å². The minimum Gasteiger partial charge on any atom is -0.459 e. The third kappa shape index (κ3) is 4.25. The van der Waals surface area contributed by atoms with Crippen LogP contribution in [0.25, 0.3) is 0 Å². The standard InChI is InChI=1S/C20H33N3O2/c1-14(2)23-11-10-16(21-23)13-22-17-9-7-6-8-15(17)12-18(22)19(24)25-20(3,4)5/h10-11,14-15,17-18H,6-9,12-13H2,1-5H3/t15-,17+,18+/m1/s1. The van der Waals surface area contributed by atoms with Gasteiger partial charge in [-0.2, -0.15) is 5.10 Å². The largest absolute Gasteiger partial charge is 0.459 e. The molecule has 1 saturated heterocycles. The number of likely N-dealkylation sites (tertiary alicyclic amines) is 1. The first kappa shape index (κ1) is 18.4. The Bertz CT molecular complexity index is 602. The molecule has 140 valence electrons. The van der Waals surface area contributed by atoms with E-state index in [1.165, 1.54) is 25.7 Å². The van der Waals surface area contributed by atoms with E-state index in [4.69, 9.17) is 9.84 Å². The molecule has 1 aliphatic carbocycles. The molecule has 0 spiro atoms. The highest BCUT2D eigenvalue weighted by molar-refractivity contribution is 5.76. The fourth-order valence-corrected chi connectivity index (χ4v) is 4.32. The minimum atomic E-state index is -0.435. The van der Waals surface area contributed by atoms with Crippen molar-refractivity contribution < 1.29 is 9.53 Å². The number of hydrogen-bond donors (Lipinski definition) is 0. The first-order valence-electron chi connectivity index (χ1n) is 9.77. The second kappa shape index (κ2) is 7.10. The number of fused-ring (bicyclic) bond motifs is 1. The van der Waals surface area contributed by atoms with Crippen molar-refractivity contribution >= 4 is 5.97 Å². The highest BCUT2D eigenvalue weighted by Crippen LogP contribution is 2.41. The molecule has 3 atom stereocenters. The van der Waals surface area contributed by atoms with Crippen LogP contribution in [-0.4, -0.2) is 38.3 Å². The summed E-state index contributed by atoms with van der Waals surface area (Å²) in [5.74, 6) is 0.559. The molecule has 1 aromatic rings. The Hall–Kier alpha value is -1.36. The van der Waals surface area contributed by atoms with E-state index in [2.05, 4.69) is 24.8 Å². The summed E-state index contributed by atoms with van der Waals surface area (Å²) < 4.78 is 7.73. The molecule has 3 rings (SSSR count). The molecule has 1 aromatic heterocycles. The van der Waals surface area contributed by atoms with Crippen LogP contribution in [0.15, 0.2) is 12.3 Å². The third-order valence-corrected chi connectivity index (χ3v) is 5.44. The monoisotopic (exact) mass is 347 g/mol. The molecule has 0 bridgehead atoms. The van der Waals surface area contributed by atoms with Gasteiger partial charge in [0, 0.05) is 24.8 Å². The number of hydrogen-bond acceptors (Lipinski definition) is 4. The molecule has 1 saturated carbocycles. The van der Waals surface area contributed by atoms with E-state index < -0.39 is 5.60 Å². The molecule has 0 unspecified atom stereocenters. The Balaban J connectivity index is 1.78. The zero-order valence-corrected chi connectivity index (χ0v) is 16.4. The number of carbonyl (C=O) groups excluding carboxylic acids is 1. The third-order valence-electron chi connectivity index (χ3n) is 5.44. The maximum Gasteiger partial charge on any atom is 0.323 e. The summed E-state index contributed by atoms with van der Waals surface area (Å²) >= 11 is 0. The van der Waals surface area contributed by atoms with Crippen LogP contribution in [0.2, 0.25) is 0 Å². The Morgan fingerprint density at radius 2 is 2.04 bits per heavy atom. The lowest BCUT2D eigenvalue weighted by Gasteiger charge is -2.33. The zero-order chi connectivity index (χ0) is 18.2. The predicted octanol–water partition coefficient (Wildman–Crippen LogP) is 3.94. The lowest BCUT2D eigenvalue weighted by atomic mass is 9.85. The Morgan fingerprint density at radius 1 is 1.32 bits per heavy atom. The van der Waals surface area contributed by atoms with Gasteiger partial charge in [-0.05, 0) is 65.9 Å². The summed E-state index contributed by atoms with van der Waals surface area (Å²) in [5.41, 5.74) is 0.615. The molecular weight excluding hydrogens is 314 g/mol. The van der Waals surface area contributed by atoms with Gasteiger partial charge in [-0.1, -0.05) is 12.8 Å². The quantitative estimate of drug-likeness (QED) is 0.774. The highest BCUT2D eigenvalue weighted by Gasteiger charge is 2.46. The van der Waals surface area contributed by atoms with Crippen molar-refractivity contribution in [2.75, 3.05) is 0 Å². The van der Waals surface area contributed by atoms with E-state index in [1.54, 1.807) is 0 Å². The lowest BCUT2D eigenvalue weighted by molar-refractivity contribution is -0.161. The van der Waals surface area contributed by atoms with E-state index in [0.717, 1.165) is 18.7 Å². The smallest absolute Gasteiger partial charge is 0.323 e. The predicted molar refractivity (Wildman–Crippen MR) is 98.2 cm³/mol. The van der Waals surface area contributed by atoms with Gasteiger partial charge in [0.1, 0.15) is 11.6 Å². The van der Waals surface area contributed by atoms with Crippen molar-refractivity contribution in [2.45, 2.75) is 97.0 Å². The van der Waals surface area contributed by atoms with Crippen molar-refractivity contribution in [2.24, 2.45) is 5.92 Å². The molecule has 0 N–H and O–H groups in total. The van der Waals surface area contributed by atoms with Crippen LogP contribution in [0.3, 0.4) is 0 Å². The summed E-state index contributed by atoms with van der Waals surface area (Å²) in [6.07, 6.45) is 7.95. The number of nitrogens with zero attached hydrogens (tertiary/aromatic N) is 3. The molecule has 2 heterocycles. The summed E-state index contributed by atoms with van der Waals surface area (Å²) in [6.45, 7) is 10.8. The lowest BCUT2D eigenvalue weighted by Crippen LogP contribution is -2.44. The van der Waals surface area contributed by atoms with Crippen LogP contribution >= 0.6 is 0 Å². The summed E-state index contributed by atoms with van der Waals surface area (Å²) in [4.78, 5) is 15.2. The summed E-state index contributed by atoms with van der Waals surface area (Å²) in [6, 6.07) is 2.81. The van der Waals surface area contributed by atoms with Crippen LogP contribution in [0.1, 0.15) is 78.5 Å². The van der Waals surface area contributed by atoms with Gasteiger partial charge in [0.25, 0.3) is 0 Å². The number of esters is 1. The molecule has 2 fully saturated rings. The fraction of sp³-hybridized carbons (Fsp3) is 0.800. The second-order valence-electron chi connectivity index (χ2n) is 8.95. The zero-order valence-electron chi connectivity index (χ0n) is 16.4. The van der Waals surface area contributed by atoms with E-state index in [1.807, 2.05) is 31.6 Å².